The van der Waals surface area contributed by atoms with Crippen LogP contribution in [0, 0.1) is 0 Å². The average Bonchev–Trinajstić information content (AvgIpc) is 3.43. The standard InChI is InChI=1S/C72H145N2O6P/c1-6-8-10-12-14-16-18-20-22-24-26-27-28-29-30-31-32-33-34-35-36-37-38-39-40-41-42-43-44-45-46-48-50-52-54-56-58-60-62-64-66-72(76)73-70(69-80-81(77,78)79-68-67-74(3,4)5)71(75)65-63-61-59-57-55-53-51-49-47-25-23-21-19-17-15-13-11-9-7-2/h63,65,70-71,75H,6-62,64,66-69H2,1-5H3,(H-,73,76,77,78)/p+1/b65-63+. The third-order valence-corrected chi connectivity index (χ3v) is 18.2. The van der Waals surface area contributed by atoms with Crippen LogP contribution in [-0.4, -0.2) is 73.4 Å². The number of rotatable bonds is 69. The van der Waals surface area contributed by atoms with Gasteiger partial charge in [-0.25, -0.2) is 4.57 Å². The van der Waals surface area contributed by atoms with E-state index in [0.29, 0.717) is 17.4 Å². The number of allylic oxidation sites excluding steroid dienone is 1. The summed E-state index contributed by atoms with van der Waals surface area (Å²) < 4.78 is 23.8. The Bertz CT molecular complexity index is 1320. The average molecular weight is 1170 g/mol. The number of carbonyl (C=O) groups is 1. The zero-order valence-corrected chi connectivity index (χ0v) is 56.5. The Morgan fingerprint density at radius 1 is 0.407 bits per heavy atom. The molecule has 0 aromatic carbocycles. The van der Waals surface area contributed by atoms with Gasteiger partial charge in [0, 0.05) is 6.42 Å². The van der Waals surface area contributed by atoms with Gasteiger partial charge >= 0.3 is 7.82 Å². The molecule has 0 spiro atoms. The number of unbranched alkanes of at least 4 members (excludes halogenated alkanes) is 56. The third kappa shape index (κ3) is 66.6. The second kappa shape index (κ2) is 63.7. The van der Waals surface area contributed by atoms with Crippen molar-refractivity contribution in [3.63, 3.8) is 0 Å². The van der Waals surface area contributed by atoms with Gasteiger partial charge in [0.05, 0.1) is 39.9 Å². The first-order valence-electron chi connectivity index (χ1n) is 36.6. The molecule has 0 aromatic rings. The Kier molecular flexibility index (Phi) is 63.1. The summed E-state index contributed by atoms with van der Waals surface area (Å²) in [7, 11) is 1.60. The number of hydrogen-bond donors (Lipinski definition) is 3. The van der Waals surface area contributed by atoms with Crippen LogP contribution >= 0.6 is 7.82 Å². The summed E-state index contributed by atoms with van der Waals surface area (Å²) in [5.41, 5.74) is 0. The van der Waals surface area contributed by atoms with Gasteiger partial charge in [-0.1, -0.05) is 379 Å². The lowest BCUT2D eigenvalue weighted by molar-refractivity contribution is -0.870. The molecule has 9 heteroatoms. The fraction of sp³-hybridized carbons (Fsp3) is 0.958. The molecule has 0 radical (unpaired) electrons. The largest absolute Gasteiger partial charge is 0.472 e. The van der Waals surface area contributed by atoms with Crippen LogP contribution in [0.25, 0.3) is 0 Å². The number of amides is 1. The number of aliphatic hydroxyl groups excluding tert-OH is 1. The van der Waals surface area contributed by atoms with Crippen LogP contribution < -0.4 is 5.32 Å². The van der Waals surface area contributed by atoms with Gasteiger partial charge in [0.15, 0.2) is 0 Å². The van der Waals surface area contributed by atoms with Gasteiger partial charge in [0.25, 0.3) is 0 Å². The van der Waals surface area contributed by atoms with E-state index in [1.165, 1.54) is 340 Å². The third-order valence-electron chi connectivity index (χ3n) is 17.3. The summed E-state index contributed by atoms with van der Waals surface area (Å²) in [6.07, 6.45) is 82.5. The van der Waals surface area contributed by atoms with Crippen LogP contribution in [0.5, 0.6) is 0 Å². The maximum atomic E-state index is 13.0. The zero-order valence-electron chi connectivity index (χ0n) is 55.6. The lowest BCUT2D eigenvalue weighted by Crippen LogP contribution is -2.45. The smallest absolute Gasteiger partial charge is 0.387 e. The summed E-state index contributed by atoms with van der Waals surface area (Å²) in [5, 5.41) is 14.0. The zero-order chi connectivity index (χ0) is 59.1. The molecule has 0 aliphatic carbocycles. The fourth-order valence-corrected chi connectivity index (χ4v) is 12.3. The molecule has 0 heterocycles. The van der Waals surface area contributed by atoms with Gasteiger partial charge in [-0.05, 0) is 19.3 Å². The van der Waals surface area contributed by atoms with E-state index in [0.717, 1.165) is 32.1 Å². The second-order valence-corrected chi connectivity index (χ2v) is 28.1. The number of nitrogens with zero attached hydrogens (tertiary/aromatic N) is 1. The first kappa shape index (κ1) is 80.2. The molecule has 0 aliphatic heterocycles. The molecule has 484 valence electrons. The topological polar surface area (TPSA) is 105 Å². The normalized spacial score (nSPS) is 13.6. The molecule has 3 atom stereocenters. The van der Waals surface area contributed by atoms with Crippen LogP contribution in [0.2, 0.25) is 0 Å². The van der Waals surface area contributed by atoms with E-state index in [-0.39, 0.29) is 19.1 Å². The number of quaternary nitrogens is 1. The molecule has 8 nitrogen and oxygen atoms in total. The summed E-state index contributed by atoms with van der Waals surface area (Å²) in [4.78, 5) is 23.4. The van der Waals surface area contributed by atoms with E-state index in [1.807, 2.05) is 27.2 Å². The highest BCUT2D eigenvalue weighted by Crippen LogP contribution is 2.43. The first-order valence-corrected chi connectivity index (χ1v) is 38.1. The van der Waals surface area contributed by atoms with Crippen molar-refractivity contribution in [1.82, 2.24) is 5.32 Å². The van der Waals surface area contributed by atoms with E-state index in [9.17, 15) is 19.4 Å². The Hall–Kier alpha value is -0.760. The van der Waals surface area contributed by atoms with E-state index in [1.54, 1.807) is 6.08 Å². The van der Waals surface area contributed by atoms with Crippen LogP contribution in [0.15, 0.2) is 12.2 Å². The van der Waals surface area contributed by atoms with Crippen molar-refractivity contribution >= 4 is 13.7 Å². The molecule has 0 bridgehead atoms. The number of phosphoric acid groups is 1. The van der Waals surface area contributed by atoms with Crippen LogP contribution in [0.1, 0.15) is 393 Å². The van der Waals surface area contributed by atoms with E-state index >= 15 is 0 Å². The molecule has 3 N–H and O–H groups in total. The highest BCUT2D eigenvalue weighted by atomic mass is 31.2. The van der Waals surface area contributed by atoms with Gasteiger partial charge in [-0.3, -0.25) is 13.8 Å². The maximum Gasteiger partial charge on any atom is 0.472 e. The van der Waals surface area contributed by atoms with Crippen molar-refractivity contribution in [2.24, 2.45) is 0 Å². The van der Waals surface area contributed by atoms with Crippen molar-refractivity contribution in [3.05, 3.63) is 12.2 Å². The minimum absolute atomic E-state index is 0.0654. The Morgan fingerprint density at radius 3 is 0.914 bits per heavy atom. The Labute approximate surface area is 507 Å². The Balaban J connectivity index is 3.86. The number of carbonyl (C=O) groups excluding carboxylic acids is 1. The number of phosphoric ester groups is 1. The molecule has 1 amide bonds. The lowest BCUT2D eigenvalue weighted by atomic mass is 10.0. The number of nitrogens with one attached hydrogen (secondary N) is 1. The molecule has 0 aliphatic rings. The predicted octanol–water partition coefficient (Wildman–Crippen LogP) is 23.3. The van der Waals surface area contributed by atoms with Gasteiger partial charge in [-0.15, -0.1) is 0 Å². The number of aliphatic hydroxyl groups is 1. The first-order chi connectivity index (χ1) is 39.5. The van der Waals surface area contributed by atoms with Crippen LogP contribution in [-0.2, 0) is 18.4 Å². The summed E-state index contributed by atoms with van der Waals surface area (Å²) in [6, 6.07) is -0.843. The van der Waals surface area contributed by atoms with E-state index < -0.39 is 20.0 Å². The van der Waals surface area contributed by atoms with Gasteiger partial charge in [0.2, 0.25) is 5.91 Å². The fourth-order valence-electron chi connectivity index (χ4n) is 11.6. The highest BCUT2D eigenvalue weighted by molar-refractivity contribution is 7.47. The number of hydrogen-bond acceptors (Lipinski definition) is 5. The molecule has 0 aromatic heterocycles. The lowest BCUT2D eigenvalue weighted by Gasteiger charge is -2.25. The van der Waals surface area contributed by atoms with Gasteiger partial charge < -0.3 is 19.8 Å². The minimum atomic E-state index is -4.35. The molecule has 0 saturated carbocycles. The minimum Gasteiger partial charge on any atom is -0.387 e. The number of likely N-dealkylation sites (N-methyl/N-ethyl adjacent to an activating group) is 1. The van der Waals surface area contributed by atoms with Crippen molar-refractivity contribution in [2.75, 3.05) is 40.9 Å². The SMILES string of the molecule is CCCCCCCCCCCCCCCCCCC/C=C/C(O)C(COP(=O)(O)OCC[N+](C)(C)C)NC(=O)CCCCCCCCCCCCCCCCCCCCCCCCCCCCCCCCCCCCCCCCCC. The highest BCUT2D eigenvalue weighted by Gasteiger charge is 2.28. The van der Waals surface area contributed by atoms with Gasteiger partial charge in [0.1, 0.15) is 13.2 Å². The summed E-state index contributed by atoms with van der Waals surface area (Å²) in [6.45, 7) is 4.88. The van der Waals surface area contributed by atoms with Crippen molar-refractivity contribution in [2.45, 2.75) is 405 Å². The monoisotopic (exact) mass is 1170 g/mol. The van der Waals surface area contributed by atoms with Crippen molar-refractivity contribution in [3.8, 4) is 0 Å². The predicted molar refractivity (Wildman–Crippen MR) is 355 cm³/mol. The molecule has 0 fully saturated rings. The molecular formula is C72H146N2O6P+. The van der Waals surface area contributed by atoms with Crippen molar-refractivity contribution in [1.29, 1.82) is 0 Å². The molecular weight excluding hydrogens is 1020 g/mol. The van der Waals surface area contributed by atoms with Crippen LogP contribution in [0.3, 0.4) is 0 Å². The second-order valence-electron chi connectivity index (χ2n) is 26.7. The maximum absolute atomic E-state index is 13.0. The summed E-state index contributed by atoms with van der Waals surface area (Å²) in [5.74, 6) is -0.167. The van der Waals surface area contributed by atoms with Gasteiger partial charge in [-0.2, -0.15) is 0 Å². The van der Waals surface area contributed by atoms with E-state index in [4.69, 9.17) is 9.05 Å². The van der Waals surface area contributed by atoms with Crippen LogP contribution in [0.4, 0.5) is 0 Å². The summed E-state index contributed by atoms with van der Waals surface area (Å²) >= 11 is 0. The molecule has 81 heavy (non-hydrogen) atoms. The molecule has 3 unspecified atom stereocenters. The van der Waals surface area contributed by atoms with E-state index in [2.05, 4.69) is 19.2 Å². The van der Waals surface area contributed by atoms with Crippen molar-refractivity contribution < 1.29 is 32.9 Å². The molecule has 0 rings (SSSR count). The molecule has 0 saturated heterocycles. The quantitative estimate of drug-likeness (QED) is 0.0243. The Morgan fingerprint density at radius 2 is 0.654 bits per heavy atom.